The maximum absolute atomic E-state index is 12.8. The third-order valence-electron chi connectivity index (χ3n) is 4.14. The van der Waals surface area contributed by atoms with E-state index in [1.54, 1.807) is 15.8 Å². The summed E-state index contributed by atoms with van der Waals surface area (Å²) in [5.74, 6) is 0.141. The third kappa shape index (κ3) is 4.44. The molecule has 0 aliphatic carbocycles. The fourth-order valence-electron chi connectivity index (χ4n) is 2.60. The van der Waals surface area contributed by atoms with Crippen molar-refractivity contribution in [2.24, 2.45) is 0 Å². The van der Waals surface area contributed by atoms with Crippen LogP contribution in [0.2, 0.25) is 0 Å². The van der Waals surface area contributed by atoms with E-state index in [1.807, 2.05) is 13.8 Å². The van der Waals surface area contributed by atoms with Crippen molar-refractivity contribution in [1.82, 2.24) is 19.6 Å². The Bertz CT molecular complexity index is 660. The molecule has 0 unspecified atom stereocenters. The van der Waals surface area contributed by atoms with Gasteiger partial charge in [0, 0.05) is 45.2 Å². The molecule has 0 saturated carbocycles. The summed E-state index contributed by atoms with van der Waals surface area (Å²) in [5.41, 5.74) is 5.40. The largest absolute Gasteiger partial charge is 0.396 e. The van der Waals surface area contributed by atoms with E-state index in [1.165, 1.54) is 12.5 Å². The van der Waals surface area contributed by atoms with Gasteiger partial charge in [-0.2, -0.15) is 5.10 Å². The highest BCUT2D eigenvalue weighted by Crippen LogP contribution is 2.20. The molecule has 0 bridgehead atoms. The first-order chi connectivity index (χ1) is 10.6. The van der Waals surface area contributed by atoms with E-state index in [0.29, 0.717) is 38.4 Å². The van der Waals surface area contributed by atoms with Crippen molar-refractivity contribution >= 4 is 21.4 Å². The first kappa shape index (κ1) is 17.7. The number of hydrogen-bond donors (Lipinski definition) is 1. The molecule has 1 fully saturated rings. The van der Waals surface area contributed by atoms with E-state index >= 15 is 0 Å². The molecule has 0 aromatic carbocycles. The zero-order valence-corrected chi connectivity index (χ0v) is 14.7. The van der Waals surface area contributed by atoms with Crippen molar-refractivity contribution in [3.05, 3.63) is 12.4 Å². The van der Waals surface area contributed by atoms with Gasteiger partial charge in [0.25, 0.3) is 0 Å². The quantitative estimate of drug-likeness (QED) is 0.765. The molecule has 0 spiro atoms. The lowest BCUT2D eigenvalue weighted by atomic mass is 10.0. The van der Waals surface area contributed by atoms with Crippen LogP contribution in [0.3, 0.4) is 0 Å². The van der Waals surface area contributed by atoms with Crippen molar-refractivity contribution in [3.63, 3.8) is 0 Å². The summed E-state index contributed by atoms with van der Waals surface area (Å²) >= 11 is 0. The monoisotopic (exact) mass is 343 g/mol. The Hall–Kier alpha value is -1.61. The summed E-state index contributed by atoms with van der Waals surface area (Å²) in [6, 6.07) is 0. The van der Waals surface area contributed by atoms with Crippen LogP contribution in [0.1, 0.15) is 13.8 Å². The van der Waals surface area contributed by atoms with Crippen molar-refractivity contribution in [2.75, 3.05) is 50.5 Å². The maximum Gasteiger partial charge on any atom is 0.250 e. The Morgan fingerprint density at radius 1 is 1.30 bits per heavy atom. The van der Waals surface area contributed by atoms with Crippen LogP contribution in [-0.2, 0) is 20.2 Å². The molecule has 0 atom stereocenters. The van der Waals surface area contributed by atoms with Crippen LogP contribution in [0.15, 0.2) is 12.4 Å². The second-order valence-electron chi connectivity index (χ2n) is 6.54. The van der Waals surface area contributed by atoms with Crippen molar-refractivity contribution in [1.29, 1.82) is 0 Å². The number of amides is 1. The van der Waals surface area contributed by atoms with E-state index in [4.69, 9.17) is 5.73 Å². The Morgan fingerprint density at radius 2 is 1.91 bits per heavy atom. The Labute approximate surface area is 137 Å². The molecule has 1 aliphatic rings. The summed E-state index contributed by atoms with van der Waals surface area (Å²) in [6.45, 7) is 6.68. The van der Waals surface area contributed by atoms with Gasteiger partial charge in [-0.3, -0.25) is 14.4 Å². The standard InChI is InChI=1S/C14H25N5O3S/c1-14(2,19-11-12(15)10-16-19)13(20)18-6-4-17(5-7-18)8-9-23(3,21)22/h10-11H,4-9,15H2,1-3H3. The Balaban J connectivity index is 1.93. The minimum atomic E-state index is -2.96. The highest BCUT2D eigenvalue weighted by atomic mass is 32.2. The summed E-state index contributed by atoms with van der Waals surface area (Å²) in [6.07, 6.45) is 4.42. The molecule has 9 heteroatoms. The summed E-state index contributed by atoms with van der Waals surface area (Å²) in [7, 11) is -2.96. The predicted octanol–water partition coefficient (Wildman–Crippen LogP) is -0.611. The predicted molar refractivity (Wildman–Crippen MR) is 88.7 cm³/mol. The summed E-state index contributed by atoms with van der Waals surface area (Å²) < 4.78 is 24.0. The van der Waals surface area contributed by atoms with Crippen LogP contribution in [0.5, 0.6) is 0 Å². The number of carbonyl (C=O) groups excluding carboxylic acids is 1. The van der Waals surface area contributed by atoms with E-state index in [0.717, 1.165) is 0 Å². The number of sulfone groups is 1. The highest BCUT2D eigenvalue weighted by Gasteiger charge is 2.35. The minimum absolute atomic E-state index is 0.0108. The van der Waals surface area contributed by atoms with Crippen LogP contribution in [0, 0.1) is 0 Å². The van der Waals surface area contributed by atoms with Gasteiger partial charge in [-0.1, -0.05) is 0 Å². The van der Waals surface area contributed by atoms with Gasteiger partial charge in [-0.05, 0) is 13.8 Å². The maximum atomic E-state index is 12.8. The van der Waals surface area contributed by atoms with E-state index in [2.05, 4.69) is 10.00 Å². The molecule has 0 radical (unpaired) electrons. The van der Waals surface area contributed by atoms with Crippen molar-refractivity contribution in [3.8, 4) is 0 Å². The van der Waals surface area contributed by atoms with Crippen LogP contribution in [-0.4, -0.2) is 78.6 Å². The van der Waals surface area contributed by atoms with Crippen LogP contribution in [0.25, 0.3) is 0 Å². The number of carbonyl (C=O) groups is 1. The topological polar surface area (TPSA) is 102 Å². The second kappa shape index (κ2) is 6.48. The van der Waals surface area contributed by atoms with Gasteiger partial charge in [0.05, 0.1) is 17.6 Å². The first-order valence-corrected chi connectivity index (χ1v) is 9.66. The highest BCUT2D eigenvalue weighted by molar-refractivity contribution is 7.90. The third-order valence-corrected chi connectivity index (χ3v) is 5.06. The minimum Gasteiger partial charge on any atom is -0.396 e. The lowest BCUT2D eigenvalue weighted by molar-refractivity contribution is -0.141. The average Bonchev–Trinajstić information content (AvgIpc) is 2.91. The van der Waals surface area contributed by atoms with E-state index < -0.39 is 15.4 Å². The number of aromatic nitrogens is 2. The van der Waals surface area contributed by atoms with E-state index in [-0.39, 0.29) is 11.7 Å². The summed E-state index contributed by atoms with van der Waals surface area (Å²) in [4.78, 5) is 16.6. The molecule has 1 aromatic heterocycles. The number of anilines is 1. The molecule has 2 heterocycles. The van der Waals surface area contributed by atoms with Gasteiger partial charge in [0.2, 0.25) is 5.91 Å². The number of nitrogen functional groups attached to an aromatic ring is 1. The lowest BCUT2D eigenvalue weighted by Crippen LogP contribution is -2.55. The van der Waals surface area contributed by atoms with Crippen LogP contribution >= 0.6 is 0 Å². The van der Waals surface area contributed by atoms with Gasteiger partial charge >= 0.3 is 0 Å². The van der Waals surface area contributed by atoms with Gasteiger partial charge in [0.15, 0.2) is 0 Å². The molecular formula is C14H25N5O3S. The Morgan fingerprint density at radius 3 is 2.39 bits per heavy atom. The number of rotatable bonds is 5. The number of hydrogen-bond acceptors (Lipinski definition) is 6. The number of nitrogens with zero attached hydrogens (tertiary/aromatic N) is 4. The molecular weight excluding hydrogens is 318 g/mol. The fourth-order valence-corrected chi connectivity index (χ4v) is 3.19. The van der Waals surface area contributed by atoms with Gasteiger partial charge in [-0.25, -0.2) is 8.42 Å². The molecule has 130 valence electrons. The van der Waals surface area contributed by atoms with Gasteiger partial charge in [-0.15, -0.1) is 0 Å². The SMILES string of the molecule is CC(C)(C(=O)N1CCN(CCS(C)(=O)=O)CC1)n1cc(N)cn1. The molecule has 8 nitrogen and oxygen atoms in total. The van der Waals surface area contributed by atoms with Gasteiger partial charge in [0.1, 0.15) is 15.4 Å². The molecule has 1 amide bonds. The molecule has 2 N–H and O–H groups in total. The number of piperazine rings is 1. The molecule has 2 rings (SSSR count). The Kier molecular flexibility index (Phi) is 5.00. The molecule has 23 heavy (non-hydrogen) atoms. The van der Waals surface area contributed by atoms with Crippen molar-refractivity contribution in [2.45, 2.75) is 19.4 Å². The number of nitrogens with two attached hydrogens (primary N) is 1. The average molecular weight is 343 g/mol. The fraction of sp³-hybridized carbons (Fsp3) is 0.714. The molecule has 1 saturated heterocycles. The smallest absolute Gasteiger partial charge is 0.250 e. The first-order valence-electron chi connectivity index (χ1n) is 7.60. The van der Waals surface area contributed by atoms with Crippen LogP contribution in [0.4, 0.5) is 5.69 Å². The normalized spacial score (nSPS) is 17.4. The van der Waals surface area contributed by atoms with Crippen LogP contribution < -0.4 is 5.73 Å². The summed E-state index contributed by atoms with van der Waals surface area (Å²) in [5, 5.41) is 4.14. The van der Waals surface area contributed by atoms with E-state index in [9.17, 15) is 13.2 Å². The zero-order chi connectivity index (χ0) is 17.3. The molecule has 1 aliphatic heterocycles. The lowest BCUT2D eigenvalue weighted by Gasteiger charge is -2.38. The van der Waals surface area contributed by atoms with Gasteiger partial charge < -0.3 is 10.6 Å². The zero-order valence-electron chi connectivity index (χ0n) is 13.9. The second-order valence-corrected chi connectivity index (χ2v) is 8.80. The van der Waals surface area contributed by atoms with Crippen molar-refractivity contribution < 1.29 is 13.2 Å². The molecule has 1 aromatic rings.